The Hall–Kier alpha value is -2.66. The summed E-state index contributed by atoms with van der Waals surface area (Å²) >= 11 is 0. The number of imide groups is 1. The van der Waals surface area contributed by atoms with Gasteiger partial charge in [0.15, 0.2) is 0 Å². The van der Waals surface area contributed by atoms with Crippen LogP contribution in [0.3, 0.4) is 0 Å². The summed E-state index contributed by atoms with van der Waals surface area (Å²) in [6, 6.07) is 5.48. The number of halogens is 1. The summed E-state index contributed by atoms with van der Waals surface area (Å²) in [5.74, 6) is -0.901. The van der Waals surface area contributed by atoms with Crippen LogP contribution in [0.25, 0.3) is 0 Å². The van der Waals surface area contributed by atoms with Crippen molar-refractivity contribution in [2.45, 2.75) is 13.0 Å². The number of piperazine rings is 1. The van der Waals surface area contributed by atoms with Crippen LogP contribution in [-0.4, -0.2) is 56.1 Å². The SMILES string of the molecule is CNC(=O)NC(=O)C(C)N1CCN(c2cccc(F)c2C#N)CC1. The van der Waals surface area contributed by atoms with E-state index in [-0.39, 0.29) is 11.5 Å². The largest absolute Gasteiger partial charge is 0.368 e. The number of carbonyl (C=O) groups is 2. The molecule has 3 amide bonds. The van der Waals surface area contributed by atoms with E-state index in [1.165, 1.54) is 13.1 Å². The first-order valence-electron chi connectivity index (χ1n) is 7.68. The number of carbonyl (C=O) groups excluding carboxylic acids is 2. The van der Waals surface area contributed by atoms with Crippen LogP contribution in [0, 0.1) is 17.1 Å². The van der Waals surface area contributed by atoms with Crippen molar-refractivity contribution in [3.63, 3.8) is 0 Å². The molecule has 24 heavy (non-hydrogen) atoms. The summed E-state index contributed by atoms with van der Waals surface area (Å²) in [4.78, 5) is 27.1. The summed E-state index contributed by atoms with van der Waals surface area (Å²) in [6.45, 7) is 4.01. The average molecular weight is 333 g/mol. The predicted molar refractivity (Wildman–Crippen MR) is 87.0 cm³/mol. The zero-order valence-electron chi connectivity index (χ0n) is 13.7. The van der Waals surface area contributed by atoms with Crippen molar-refractivity contribution in [1.29, 1.82) is 5.26 Å². The summed E-state index contributed by atoms with van der Waals surface area (Å²) in [5, 5.41) is 13.7. The van der Waals surface area contributed by atoms with Crippen LogP contribution in [0.15, 0.2) is 18.2 Å². The maximum atomic E-state index is 13.7. The highest BCUT2D eigenvalue weighted by molar-refractivity contribution is 5.96. The number of urea groups is 1. The third-order valence-corrected chi connectivity index (χ3v) is 4.15. The molecule has 0 aliphatic carbocycles. The van der Waals surface area contributed by atoms with Crippen LogP contribution < -0.4 is 15.5 Å². The van der Waals surface area contributed by atoms with E-state index < -0.39 is 17.9 Å². The lowest BCUT2D eigenvalue weighted by Crippen LogP contribution is -2.55. The molecule has 0 saturated carbocycles. The standard InChI is InChI=1S/C16H20FN5O2/c1-11(15(23)20-16(24)19-2)21-6-8-22(9-7-21)14-5-3-4-13(17)12(14)10-18/h3-5,11H,6-9H2,1-2H3,(H2,19,20,23,24). The van der Waals surface area contributed by atoms with Gasteiger partial charge in [-0.05, 0) is 19.1 Å². The van der Waals surface area contributed by atoms with Crippen LogP contribution in [0.1, 0.15) is 12.5 Å². The van der Waals surface area contributed by atoms with E-state index >= 15 is 0 Å². The number of amides is 3. The molecule has 1 atom stereocenters. The van der Waals surface area contributed by atoms with Crippen LogP contribution in [0.4, 0.5) is 14.9 Å². The second kappa shape index (κ2) is 7.75. The van der Waals surface area contributed by atoms with Crippen molar-refractivity contribution in [2.75, 3.05) is 38.1 Å². The van der Waals surface area contributed by atoms with Gasteiger partial charge in [0.25, 0.3) is 0 Å². The molecule has 1 aromatic carbocycles. The molecule has 1 saturated heterocycles. The first-order chi connectivity index (χ1) is 11.5. The third kappa shape index (κ3) is 3.81. The van der Waals surface area contributed by atoms with Gasteiger partial charge in [0.2, 0.25) is 5.91 Å². The Morgan fingerprint density at radius 2 is 1.96 bits per heavy atom. The fourth-order valence-corrected chi connectivity index (χ4v) is 2.68. The zero-order valence-corrected chi connectivity index (χ0v) is 13.7. The first-order valence-corrected chi connectivity index (χ1v) is 7.68. The molecular formula is C16H20FN5O2. The van der Waals surface area contributed by atoms with Gasteiger partial charge in [-0.25, -0.2) is 9.18 Å². The minimum atomic E-state index is -0.538. The van der Waals surface area contributed by atoms with Gasteiger partial charge in [-0.15, -0.1) is 0 Å². The molecule has 1 aromatic rings. The molecule has 2 N–H and O–H groups in total. The Balaban J connectivity index is 1.99. The molecule has 0 bridgehead atoms. The first kappa shape index (κ1) is 17.7. The molecule has 1 aliphatic heterocycles. The number of benzene rings is 1. The minimum absolute atomic E-state index is 0.0383. The lowest BCUT2D eigenvalue weighted by atomic mass is 10.1. The van der Waals surface area contributed by atoms with E-state index in [9.17, 15) is 14.0 Å². The molecule has 0 radical (unpaired) electrons. The monoisotopic (exact) mass is 333 g/mol. The van der Waals surface area contributed by atoms with Crippen LogP contribution in [0.5, 0.6) is 0 Å². The Bertz CT molecular complexity index is 665. The molecule has 0 aromatic heterocycles. The average Bonchev–Trinajstić information content (AvgIpc) is 2.60. The number of hydrogen-bond acceptors (Lipinski definition) is 5. The number of hydrogen-bond donors (Lipinski definition) is 2. The number of nitriles is 1. The zero-order chi connectivity index (χ0) is 17.7. The molecular weight excluding hydrogens is 313 g/mol. The fourth-order valence-electron chi connectivity index (χ4n) is 2.68. The van der Waals surface area contributed by atoms with Gasteiger partial charge < -0.3 is 10.2 Å². The van der Waals surface area contributed by atoms with Crippen LogP contribution in [0.2, 0.25) is 0 Å². The van der Waals surface area contributed by atoms with E-state index in [0.29, 0.717) is 31.9 Å². The van der Waals surface area contributed by atoms with Gasteiger partial charge in [0.1, 0.15) is 17.4 Å². The second-order valence-electron chi connectivity index (χ2n) is 5.51. The molecule has 128 valence electrons. The topological polar surface area (TPSA) is 88.5 Å². The second-order valence-corrected chi connectivity index (χ2v) is 5.51. The molecule has 2 rings (SSSR count). The number of nitrogens with zero attached hydrogens (tertiary/aromatic N) is 3. The minimum Gasteiger partial charge on any atom is -0.368 e. The van der Waals surface area contributed by atoms with Gasteiger partial charge >= 0.3 is 6.03 Å². The maximum Gasteiger partial charge on any atom is 0.321 e. The van der Waals surface area contributed by atoms with E-state index in [2.05, 4.69) is 10.6 Å². The van der Waals surface area contributed by atoms with Crippen LogP contribution in [-0.2, 0) is 4.79 Å². The molecule has 1 fully saturated rings. The number of anilines is 1. The lowest BCUT2D eigenvalue weighted by Gasteiger charge is -2.38. The third-order valence-electron chi connectivity index (χ3n) is 4.15. The van der Waals surface area contributed by atoms with E-state index in [4.69, 9.17) is 5.26 Å². The van der Waals surface area contributed by atoms with E-state index in [1.54, 1.807) is 19.1 Å². The van der Waals surface area contributed by atoms with Gasteiger partial charge in [-0.1, -0.05) is 6.07 Å². The fraction of sp³-hybridized carbons (Fsp3) is 0.438. The Kier molecular flexibility index (Phi) is 5.71. The summed E-state index contributed by atoms with van der Waals surface area (Å²) in [5.41, 5.74) is 0.607. The van der Waals surface area contributed by atoms with E-state index in [1.807, 2.05) is 15.9 Å². The molecule has 1 aliphatic rings. The number of rotatable bonds is 3. The van der Waals surface area contributed by atoms with Crippen molar-refractivity contribution >= 4 is 17.6 Å². The van der Waals surface area contributed by atoms with Gasteiger partial charge in [-0.2, -0.15) is 5.26 Å². The Morgan fingerprint density at radius 1 is 1.29 bits per heavy atom. The van der Waals surface area contributed by atoms with Crippen molar-refractivity contribution in [1.82, 2.24) is 15.5 Å². The molecule has 7 nitrogen and oxygen atoms in total. The quantitative estimate of drug-likeness (QED) is 0.848. The number of nitrogens with one attached hydrogen (secondary N) is 2. The van der Waals surface area contributed by atoms with Gasteiger partial charge in [0.05, 0.1) is 11.7 Å². The maximum absolute atomic E-state index is 13.7. The molecule has 1 heterocycles. The molecule has 1 unspecified atom stereocenters. The van der Waals surface area contributed by atoms with Crippen molar-refractivity contribution in [2.24, 2.45) is 0 Å². The van der Waals surface area contributed by atoms with Crippen molar-refractivity contribution in [3.05, 3.63) is 29.6 Å². The van der Waals surface area contributed by atoms with Gasteiger partial charge in [0, 0.05) is 33.2 Å². The van der Waals surface area contributed by atoms with Crippen molar-refractivity contribution < 1.29 is 14.0 Å². The Morgan fingerprint density at radius 3 is 2.54 bits per heavy atom. The summed E-state index contributed by atoms with van der Waals surface area (Å²) in [7, 11) is 1.44. The highest BCUT2D eigenvalue weighted by Crippen LogP contribution is 2.24. The Labute approximate surface area is 140 Å². The van der Waals surface area contributed by atoms with Crippen molar-refractivity contribution in [3.8, 4) is 6.07 Å². The van der Waals surface area contributed by atoms with Crippen LogP contribution >= 0.6 is 0 Å². The van der Waals surface area contributed by atoms with Gasteiger partial charge in [-0.3, -0.25) is 15.0 Å². The lowest BCUT2D eigenvalue weighted by molar-refractivity contribution is -0.124. The summed E-state index contributed by atoms with van der Waals surface area (Å²) < 4.78 is 13.7. The summed E-state index contributed by atoms with van der Waals surface area (Å²) in [6.07, 6.45) is 0. The predicted octanol–water partition coefficient (Wildman–Crippen LogP) is 0.663. The van der Waals surface area contributed by atoms with E-state index in [0.717, 1.165) is 0 Å². The normalized spacial score (nSPS) is 16.2. The highest BCUT2D eigenvalue weighted by Gasteiger charge is 2.27. The molecule has 8 heteroatoms. The smallest absolute Gasteiger partial charge is 0.321 e. The molecule has 0 spiro atoms. The highest BCUT2D eigenvalue weighted by atomic mass is 19.1.